The van der Waals surface area contributed by atoms with Gasteiger partial charge in [0.05, 0.1) is 0 Å². The molecule has 0 spiro atoms. The van der Waals surface area contributed by atoms with Crippen molar-refractivity contribution in [2.75, 3.05) is 53.6 Å². The first-order chi connectivity index (χ1) is 10.8. The van der Waals surface area contributed by atoms with Crippen molar-refractivity contribution in [3.05, 3.63) is 0 Å². The maximum absolute atomic E-state index is 5.78. The van der Waals surface area contributed by atoms with Crippen molar-refractivity contribution in [2.24, 2.45) is 0 Å². The van der Waals surface area contributed by atoms with Crippen molar-refractivity contribution >= 4 is 17.0 Å². The molecule has 0 saturated heterocycles. The molecule has 5 nitrogen and oxygen atoms in total. The van der Waals surface area contributed by atoms with Gasteiger partial charge in [-0.3, -0.25) is 0 Å². The standard InChI is InChI=1S/C16H40N2O3Si2/c1-9-17(14-15-18(10-2)22(6,7)8)13-12-16-23(19-4,20-5)21-11-3/h9-16H2,1-8H3. The lowest BCUT2D eigenvalue weighted by atomic mass is 10.4. The zero-order valence-corrected chi connectivity index (χ0v) is 18.8. The first kappa shape index (κ1) is 23.2. The van der Waals surface area contributed by atoms with Crippen LogP contribution in [-0.2, 0) is 13.3 Å². The smallest absolute Gasteiger partial charge is 0.377 e. The minimum absolute atomic E-state index is 0.646. The summed E-state index contributed by atoms with van der Waals surface area (Å²) in [5.74, 6) is 0. The Balaban J connectivity index is 4.34. The van der Waals surface area contributed by atoms with Crippen LogP contribution in [-0.4, -0.2) is 80.1 Å². The topological polar surface area (TPSA) is 34.2 Å². The maximum atomic E-state index is 5.78. The average molecular weight is 365 g/mol. The quantitative estimate of drug-likeness (QED) is 0.442. The minimum Gasteiger partial charge on any atom is -0.377 e. The molecule has 0 aromatic heterocycles. The van der Waals surface area contributed by atoms with Crippen LogP contribution in [0.2, 0.25) is 25.7 Å². The predicted molar refractivity (Wildman–Crippen MR) is 104 cm³/mol. The van der Waals surface area contributed by atoms with Gasteiger partial charge in [0.1, 0.15) is 8.24 Å². The van der Waals surface area contributed by atoms with Gasteiger partial charge in [0.15, 0.2) is 0 Å². The SMILES string of the molecule is CCO[Si](CCCN(CC)CCN(CC)[Si](C)(C)C)(OC)OC. The fourth-order valence-corrected chi connectivity index (χ4v) is 6.58. The van der Waals surface area contributed by atoms with Crippen molar-refractivity contribution < 1.29 is 13.3 Å². The van der Waals surface area contributed by atoms with E-state index in [1.807, 2.05) is 6.92 Å². The van der Waals surface area contributed by atoms with Crippen LogP contribution < -0.4 is 0 Å². The molecule has 0 atom stereocenters. The normalized spacial score (nSPS) is 13.3. The van der Waals surface area contributed by atoms with E-state index in [1.54, 1.807) is 14.2 Å². The first-order valence-corrected chi connectivity index (χ1v) is 14.4. The van der Waals surface area contributed by atoms with Crippen molar-refractivity contribution in [2.45, 2.75) is 52.9 Å². The van der Waals surface area contributed by atoms with Crippen LogP contribution in [0.1, 0.15) is 27.2 Å². The molecule has 0 amide bonds. The van der Waals surface area contributed by atoms with E-state index in [0.29, 0.717) is 6.61 Å². The van der Waals surface area contributed by atoms with Gasteiger partial charge < -0.3 is 22.7 Å². The summed E-state index contributed by atoms with van der Waals surface area (Å²) in [4.78, 5) is 2.53. The molecule has 7 heteroatoms. The highest BCUT2D eigenvalue weighted by atomic mass is 28.4. The number of likely N-dealkylation sites (N-methyl/N-ethyl adjacent to an activating group) is 2. The summed E-state index contributed by atoms with van der Waals surface area (Å²) >= 11 is 0. The van der Waals surface area contributed by atoms with Crippen molar-refractivity contribution in [3.8, 4) is 0 Å². The Morgan fingerprint density at radius 3 is 1.83 bits per heavy atom. The monoisotopic (exact) mass is 364 g/mol. The van der Waals surface area contributed by atoms with E-state index in [-0.39, 0.29) is 0 Å². The predicted octanol–water partition coefficient (Wildman–Crippen LogP) is 3.12. The summed E-state index contributed by atoms with van der Waals surface area (Å²) in [6, 6.07) is 0.885. The van der Waals surface area contributed by atoms with Crippen molar-refractivity contribution in [1.82, 2.24) is 9.47 Å². The summed E-state index contributed by atoms with van der Waals surface area (Å²) in [5, 5.41) is 0. The molecule has 0 bridgehead atoms. The van der Waals surface area contributed by atoms with Gasteiger partial charge in [0, 0.05) is 40.0 Å². The van der Waals surface area contributed by atoms with E-state index >= 15 is 0 Å². The molecule has 0 N–H and O–H groups in total. The molecule has 0 radical (unpaired) electrons. The van der Waals surface area contributed by atoms with Crippen LogP contribution in [0.4, 0.5) is 0 Å². The van der Waals surface area contributed by atoms with Gasteiger partial charge in [-0.05, 0) is 33.0 Å². The number of nitrogens with zero attached hydrogens (tertiary/aromatic N) is 2. The molecule has 0 heterocycles. The minimum atomic E-state index is -2.43. The van der Waals surface area contributed by atoms with Crippen LogP contribution in [0.25, 0.3) is 0 Å². The van der Waals surface area contributed by atoms with E-state index in [4.69, 9.17) is 13.3 Å². The summed E-state index contributed by atoms with van der Waals surface area (Å²) in [5.41, 5.74) is 0. The van der Waals surface area contributed by atoms with E-state index < -0.39 is 17.0 Å². The molecule has 0 aromatic carbocycles. The van der Waals surface area contributed by atoms with Gasteiger partial charge in [0.2, 0.25) is 0 Å². The molecule has 140 valence electrons. The molecule has 0 aliphatic carbocycles. The second kappa shape index (κ2) is 11.7. The van der Waals surface area contributed by atoms with Crippen LogP contribution in [0, 0.1) is 0 Å². The number of hydrogen-bond acceptors (Lipinski definition) is 5. The van der Waals surface area contributed by atoms with Crippen LogP contribution >= 0.6 is 0 Å². The molecule has 0 fully saturated rings. The van der Waals surface area contributed by atoms with E-state index in [0.717, 1.165) is 38.6 Å². The molecule has 0 aliphatic rings. The van der Waals surface area contributed by atoms with Crippen molar-refractivity contribution in [3.63, 3.8) is 0 Å². The van der Waals surface area contributed by atoms with Gasteiger partial charge >= 0.3 is 8.80 Å². The number of rotatable bonds is 14. The zero-order chi connectivity index (χ0) is 17.9. The lowest BCUT2D eigenvalue weighted by Gasteiger charge is -2.35. The van der Waals surface area contributed by atoms with Crippen LogP contribution in [0.3, 0.4) is 0 Å². The summed E-state index contributed by atoms with van der Waals surface area (Å²) < 4.78 is 19.6. The maximum Gasteiger partial charge on any atom is 0.500 e. The molecular weight excluding hydrogens is 324 g/mol. The van der Waals surface area contributed by atoms with Crippen molar-refractivity contribution in [1.29, 1.82) is 0 Å². The lowest BCUT2D eigenvalue weighted by Crippen LogP contribution is -2.49. The van der Waals surface area contributed by atoms with Gasteiger partial charge in [-0.25, -0.2) is 0 Å². The fraction of sp³-hybridized carbons (Fsp3) is 1.00. The molecular formula is C16H40N2O3Si2. The molecule has 0 saturated carbocycles. The second-order valence-corrected chi connectivity index (χ2v) is 14.8. The Kier molecular flexibility index (Phi) is 11.8. The fourth-order valence-electron chi connectivity index (χ4n) is 2.87. The summed E-state index contributed by atoms with van der Waals surface area (Å²) in [7, 11) is -0.222. The molecule has 0 aromatic rings. The van der Waals surface area contributed by atoms with Gasteiger partial charge in [-0.2, -0.15) is 0 Å². The second-order valence-electron chi connectivity index (χ2n) is 6.81. The average Bonchev–Trinajstić information content (AvgIpc) is 2.51. The Hall–Kier alpha value is 0.234. The molecule has 0 aliphatic heterocycles. The third-order valence-corrected chi connectivity index (χ3v) is 9.78. The van der Waals surface area contributed by atoms with Crippen LogP contribution in [0.15, 0.2) is 0 Å². The number of hydrogen-bond donors (Lipinski definition) is 0. The summed E-state index contributed by atoms with van der Waals surface area (Å²) in [6.45, 7) is 20.0. The lowest BCUT2D eigenvalue weighted by molar-refractivity contribution is 0.102. The largest absolute Gasteiger partial charge is 0.500 e. The Morgan fingerprint density at radius 1 is 0.826 bits per heavy atom. The van der Waals surface area contributed by atoms with E-state index in [9.17, 15) is 0 Å². The molecule has 0 unspecified atom stereocenters. The van der Waals surface area contributed by atoms with Crippen LogP contribution in [0.5, 0.6) is 0 Å². The highest BCUT2D eigenvalue weighted by Crippen LogP contribution is 2.16. The molecule has 0 rings (SSSR count). The third kappa shape index (κ3) is 8.76. The van der Waals surface area contributed by atoms with Gasteiger partial charge in [-0.1, -0.05) is 33.5 Å². The first-order valence-electron chi connectivity index (χ1n) is 9.00. The highest BCUT2D eigenvalue weighted by molar-refractivity contribution is 6.73. The highest BCUT2D eigenvalue weighted by Gasteiger charge is 2.37. The Morgan fingerprint density at radius 2 is 1.43 bits per heavy atom. The Labute approximate surface area is 146 Å². The summed E-state index contributed by atoms with van der Waals surface area (Å²) in [6.07, 6.45) is 1.06. The van der Waals surface area contributed by atoms with E-state index in [1.165, 1.54) is 6.54 Å². The van der Waals surface area contributed by atoms with Gasteiger partial charge in [-0.15, -0.1) is 0 Å². The molecule has 23 heavy (non-hydrogen) atoms. The Bertz CT molecular complexity index is 298. The third-order valence-electron chi connectivity index (χ3n) is 4.41. The zero-order valence-electron chi connectivity index (χ0n) is 16.8. The van der Waals surface area contributed by atoms with E-state index in [2.05, 4.69) is 43.0 Å². The van der Waals surface area contributed by atoms with Gasteiger partial charge in [0.25, 0.3) is 0 Å².